The SMILES string of the molecule is CC1(C)CCOc2cc3c(cc21)c1ccc(Oc2[c-]c(-n4[c](=[Pt])n(-c5c(-c6ccccc6)cccc5-c5ccccc5)c5ccccc54)ccc2)[c-]c1n3-c1ccccn1. The number of benzene rings is 7. The molecule has 6 nitrogen and oxygen atoms in total. The van der Waals surface area contributed by atoms with E-state index in [0.29, 0.717) is 18.1 Å². The molecule has 3 aromatic heterocycles. The Morgan fingerprint density at radius 1 is 0.617 bits per heavy atom. The molecule has 11 rings (SSSR count). The molecule has 0 radical (unpaired) electrons. The smallest absolute Gasteiger partial charge is 0.0570 e. The molecule has 0 fully saturated rings. The van der Waals surface area contributed by atoms with E-state index in [9.17, 15) is 0 Å². The summed E-state index contributed by atoms with van der Waals surface area (Å²) in [5.74, 6) is 2.91. The molecule has 10 aromatic rings. The number of nitrogens with zero attached hydrogens (tertiary/aromatic N) is 4. The van der Waals surface area contributed by atoms with E-state index in [1.165, 1.54) is 5.56 Å². The molecule has 1 aliphatic rings. The topological polar surface area (TPSA) is 46.1 Å². The summed E-state index contributed by atoms with van der Waals surface area (Å²) in [5, 5.41) is 2.21. The third-order valence-corrected chi connectivity index (χ3v) is 12.7. The van der Waals surface area contributed by atoms with Crippen molar-refractivity contribution in [2.75, 3.05) is 6.61 Å². The molecule has 0 atom stereocenters. The quantitative estimate of drug-likeness (QED) is 0.150. The first-order valence-corrected chi connectivity index (χ1v) is 21.3. The van der Waals surface area contributed by atoms with Crippen LogP contribution in [0.25, 0.3) is 72.3 Å². The summed E-state index contributed by atoms with van der Waals surface area (Å²) in [6.07, 6.45) is 2.79. The van der Waals surface area contributed by atoms with Crippen molar-refractivity contribution in [3.8, 4) is 56.7 Å². The Bertz CT molecular complexity index is 3250. The molecule has 7 aromatic carbocycles. The number of para-hydroxylation sites is 3. The van der Waals surface area contributed by atoms with Gasteiger partial charge in [0.1, 0.15) is 5.75 Å². The van der Waals surface area contributed by atoms with E-state index >= 15 is 0 Å². The van der Waals surface area contributed by atoms with Crippen molar-refractivity contribution in [3.63, 3.8) is 0 Å². The average Bonchev–Trinajstić information content (AvgIpc) is 3.76. The number of aromatic nitrogens is 4. The van der Waals surface area contributed by atoms with Crippen LogP contribution in [0.5, 0.6) is 17.2 Å². The second-order valence-corrected chi connectivity index (χ2v) is 16.8. The fourth-order valence-electron chi connectivity index (χ4n) is 8.71. The summed E-state index contributed by atoms with van der Waals surface area (Å²) in [7, 11) is 0. The number of fused-ring (bicyclic) bond motifs is 5. The number of pyridine rings is 1. The molecule has 0 N–H and O–H groups in total. The second-order valence-electron chi connectivity index (χ2n) is 15.8. The molecule has 0 bridgehead atoms. The summed E-state index contributed by atoms with van der Waals surface area (Å²) in [4.78, 5) is 4.77. The van der Waals surface area contributed by atoms with Gasteiger partial charge in [-0.05, 0) is 23.5 Å². The van der Waals surface area contributed by atoms with Gasteiger partial charge in [0.2, 0.25) is 0 Å². The molecule has 7 heteroatoms. The van der Waals surface area contributed by atoms with Gasteiger partial charge in [-0.15, -0.1) is 0 Å². The molecule has 0 spiro atoms. The number of ether oxygens (including phenoxy) is 2. The van der Waals surface area contributed by atoms with Gasteiger partial charge >= 0.3 is 294 Å². The molecule has 4 heterocycles. The number of hydrogen-bond acceptors (Lipinski definition) is 3. The zero-order chi connectivity index (χ0) is 40.4. The summed E-state index contributed by atoms with van der Waals surface area (Å²) < 4.78 is 20.7. The first-order valence-electron chi connectivity index (χ1n) is 20.1. The molecule has 294 valence electrons. The van der Waals surface area contributed by atoms with Crippen molar-refractivity contribution in [3.05, 3.63) is 191 Å². The van der Waals surface area contributed by atoms with E-state index in [1.807, 2.05) is 42.6 Å². The predicted octanol–water partition coefficient (Wildman–Crippen LogP) is 12.8. The third-order valence-electron chi connectivity index (χ3n) is 11.7. The number of rotatable bonds is 7. The summed E-state index contributed by atoms with van der Waals surface area (Å²) in [6.45, 7) is 5.29. The summed E-state index contributed by atoms with van der Waals surface area (Å²) in [6, 6.07) is 64.3. The number of imidazole rings is 1. The van der Waals surface area contributed by atoms with Gasteiger partial charge in [0.25, 0.3) is 0 Å². The van der Waals surface area contributed by atoms with Crippen molar-refractivity contribution < 1.29 is 28.8 Å². The van der Waals surface area contributed by atoms with Crippen LogP contribution in [0.3, 0.4) is 0 Å². The average molecular weight is 958 g/mol. The molecule has 1 aliphatic heterocycles. The Hall–Kier alpha value is -6.75. The molecule has 0 unspecified atom stereocenters. The van der Waals surface area contributed by atoms with Gasteiger partial charge in [0.05, 0.1) is 6.61 Å². The zero-order valence-electron chi connectivity index (χ0n) is 33.0. The van der Waals surface area contributed by atoms with E-state index in [2.05, 4.69) is 186 Å². The van der Waals surface area contributed by atoms with Crippen molar-refractivity contribution in [2.24, 2.45) is 0 Å². The van der Waals surface area contributed by atoms with Gasteiger partial charge in [-0.1, -0.05) is 19.9 Å². The van der Waals surface area contributed by atoms with E-state index < -0.39 is 0 Å². The van der Waals surface area contributed by atoms with Crippen molar-refractivity contribution in [1.82, 2.24) is 18.7 Å². The van der Waals surface area contributed by atoms with Gasteiger partial charge < -0.3 is 4.74 Å². The molecule has 0 saturated carbocycles. The molecule has 0 aliphatic carbocycles. The Morgan fingerprint density at radius 3 is 2.00 bits per heavy atom. The summed E-state index contributed by atoms with van der Waals surface area (Å²) >= 11 is 2.47. The van der Waals surface area contributed by atoms with Crippen LogP contribution in [-0.2, 0) is 24.8 Å². The maximum atomic E-state index is 6.67. The third kappa shape index (κ3) is 6.05. The predicted molar refractivity (Wildman–Crippen MR) is 236 cm³/mol. The second kappa shape index (κ2) is 14.5. The number of hydrogen-bond donors (Lipinski definition) is 0. The van der Waals surface area contributed by atoms with Gasteiger partial charge in [-0.3, -0.25) is 0 Å². The summed E-state index contributed by atoms with van der Waals surface area (Å²) in [5.41, 5.74) is 11.9. The first kappa shape index (κ1) is 36.3. The van der Waals surface area contributed by atoms with Crippen LogP contribution in [0, 0.1) is 15.9 Å². The Morgan fingerprint density at radius 2 is 1.28 bits per heavy atom. The van der Waals surface area contributed by atoms with Crippen molar-refractivity contribution >= 4 is 32.8 Å². The molecule has 60 heavy (non-hydrogen) atoms. The normalized spacial score (nSPS) is 13.4. The Balaban J connectivity index is 1.05. The van der Waals surface area contributed by atoms with Crippen molar-refractivity contribution in [2.45, 2.75) is 25.7 Å². The minimum absolute atomic E-state index is 0.00639. The van der Waals surface area contributed by atoms with Gasteiger partial charge in [-0.25, -0.2) is 0 Å². The fourth-order valence-corrected chi connectivity index (χ4v) is 9.79. The van der Waals surface area contributed by atoms with Gasteiger partial charge in [0, 0.05) is 6.20 Å². The van der Waals surface area contributed by atoms with E-state index in [4.69, 9.17) is 14.5 Å². The standard InChI is InChI=1S/C53H38N4O2.Pt/c1-53(2)28-30-58-50-34-49-44(33-45(50)53)43-27-26-40(32-48(43)57(49)51-25-11-12-29-54-51)59-39-20-13-19-38(31-39)55-35-56(47-24-10-9-23-46(47)55)52-41(36-15-5-3-6-16-36)21-14-22-42(52)37-17-7-4-8-18-37;/h3-27,29,33-34H,28,30H2,1-2H3;/q-2;. The zero-order valence-corrected chi connectivity index (χ0v) is 35.3. The Kier molecular flexibility index (Phi) is 8.79. The maximum absolute atomic E-state index is 6.67. The van der Waals surface area contributed by atoms with Crippen LogP contribution in [-0.4, -0.2) is 25.3 Å². The van der Waals surface area contributed by atoms with Crippen LogP contribution in [0.15, 0.2) is 170 Å². The van der Waals surface area contributed by atoms with Gasteiger partial charge in [-0.2, -0.15) is 0 Å². The van der Waals surface area contributed by atoms with Crippen LogP contribution in [0.1, 0.15) is 25.8 Å². The van der Waals surface area contributed by atoms with Crippen LogP contribution >= 0.6 is 0 Å². The van der Waals surface area contributed by atoms with Crippen LogP contribution in [0.4, 0.5) is 0 Å². The van der Waals surface area contributed by atoms with E-state index in [1.54, 1.807) is 0 Å². The minimum Gasteiger partial charge on any atom is -0.0570 e. The first-order chi connectivity index (χ1) is 29.4. The monoisotopic (exact) mass is 957 g/mol. The van der Waals surface area contributed by atoms with Crippen molar-refractivity contribution in [1.29, 1.82) is 0 Å². The Labute approximate surface area is 359 Å². The fraction of sp³-hybridized carbons (Fsp3) is 0.0943. The van der Waals surface area contributed by atoms with Crippen LogP contribution < -0.4 is 9.47 Å². The van der Waals surface area contributed by atoms with Gasteiger partial charge in [0.15, 0.2) is 0 Å². The molecular formula is C53H38N4O2Pt-2. The van der Waals surface area contributed by atoms with Crippen LogP contribution in [0.2, 0.25) is 0 Å². The molecular weight excluding hydrogens is 920 g/mol. The van der Waals surface area contributed by atoms with E-state index in [-0.39, 0.29) is 5.41 Å². The van der Waals surface area contributed by atoms with E-state index in [0.717, 1.165) is 88.3 Å². The molecule has 0 amide bonds. The molecule has 0 saturated heterocycles. The minimum atomic E-state index is 0.00639.